The standard InChI is InChI=1S/C10H9Cl2N3O4S/c11-5-1-2-6(9(12)10(5)13)20(18,19)15-3-7(16)14-8(17)4-15/h1-2H,3-4,13H2,(H,14,16,17). The van der Waals surface area contributed by atoms with Crippen LogP contribution in [0, 0.1) is 0 Å². The first-order chi connectivity index (χ1) is 9.23. The van der Waals surface area contributed by atoms with Gasteiger partial charge in [0.15, 0.2) is 0 Å². The lowest BCUT2D eigenvalue weighted by Crippen LogP contribution is -2.53. The Bertz CT molecular complexity index is 689. The molecule has 108 valence electrons. The third kappa shape index (κ3) is 2.59. The number of nitrogen functional groups attached to an aromatic ring is 1. The van der Waals surface area contributed by atoms with Crippen molar-refractivity contribution < 1.29 is 18.0 Å². The van der Waals surface area contributed by atoms with Crippen molar-refractivity contribution in [1.82, 2.24) is 9.62 Å². The van der Waals surface area contributed by atoms with Gasteiger partial charge in [0.2, 0.25) is 21.8 Å². The predicted molar refractivity (Wildman–Crippen MR) is 72.8 cm³/mol. The third-order valence-corrected chi connectivity index (χ3v) is 5.31. The molecule has 1 aliphatic rings. The number of nitrogens with zero attached hydrogens (tertiary/aromatic N) is 1. The van der Waals surface area contributed by atoms with Crippen molar-refractivity contribution in [2.45, 2.75) is 4.90 Å². The lowest BCUT2D eigenvalue weighted by Gasteiger charge is -2.25. The van der Waals surface area contributed by atoms with Crippen LogP contribution in [0.15, 0.2) is 17.0 Å². The van der Waals surface area contributed by atoms with Crippen molar-refractivity contribution in [3.63, 3.8) is 0 Å². The zero-order chi connectivity index (χ0) is 15.1. The van der Waals surface area contributed by atoms with Gasteiger partial charge in [0, 0.05) is 0 Å². The molecule has 3 N–H and O–H groups in total. The van der Waals surface area contributed by atoms with Crippen molar-refractivity contribution in [2.75, 3.05) is 18.8 Å². The molecule has 1 heterocycles. The minimum absolute atomic E-state index is 0.0813. The van der Waals surface area contributed by atoms with Gasteiger partial charge < -0.3 is 5.73 Å². The van der Waals surface area contributed by atoms with Gasteiger partial charge in [-0.1, -0.05) is 23.2 Å². The van der Waals surface area contributed by atoms with Crippen LogP contribution < -0.4 is 11.1 Å². The van der Waals surface area contributed by atoms with Crippen LogP contribution in [0.3, 0.4) is 0 Å². The molecule has 0 saturated carbocycles. The molecule has 7 nitrogen and oxygen atoms in total. The SMILES string of the molecule is Nc1c(Cl)ccc(S(=O)(=O)N2CC(=O)NC(=O)C2)c1Cl. The smallest absolute Gasteiger partial charge is 0.245 e. The van der Waals surface area contributed by atoms with Crippen LogP contribution in [0.1, 0.15) is 0 Å². The maximum atomic E-state index is 12.4. The van der Waals surface area contributed by atoms with E-state index < -0.39 is 34.9 Å². The molecule has 0 unspecified atom stereocenters. The summed E-state index contributed by atoms with van der Waals surface area (Å²) in [6, 6.07) is 2.45. The number of hydrogen-bond acceptors (Lipinski definition) is 5. The summed E-state index contributed by atoms with van der Waals surface area (Å²) in [6.45, 7) is -0.931. The molecule has 1 aromatic carbocycles. The minimum Gasteiger partial charge on any atom is -0.396 e. The topological polar surface area (TPSA) is 110 Å². The summed E-state index contributed by atoms with van der Waals surface area (Å²) in [4.78, 5) is 22.2. The third-order valence-electron chi connectivity index (χ3n) is 2.63. The minimum atomic E-state index is -4.12. The van der Waals surface area contributed by atoms with Crippen LogP contribution in [-0.4, -0.2) is 37.6 Å². The average Bonchev–Trinajstić information content (AvgIpc) is 2.34. The first-order valence-corrected chi connectivity index (χ1v) is 7.49. The second-order valence-corrected chi connectivity index (χ2v) is 6.71. The number of piperazine rings is 1. The molecule has 0 atom stereocenters. The summed E-state index contributed by atoms with van der Waals surface area (Å²) in [5, 5.41) is 1.88. The zero-order valence-corrected chi connectivity index (χ0v) is 12.2. The van der Waals surface area contributed by atoms with E-state index in [0.29, 0.717) is 0 Å². The van der Waals surface area contributed by atoms with E-state index in [2.05, 4.69) is 0 Å². The molecule has 2 amide bonds. The Morgan fingerprint density at radius 3 is 2.25 bits per heavy atom. The predicted octanol–water partition coefficient (Wildman–Crippen LogP) is 0.223. The lowest BCUT2D eigenvalue weighted by atomic mass is 10.3. The van der Waals surface area contributed by atoms with Gasteiger partial charge >= 0.3 is 0 Å². The monoisotopic (exact) mass is 337 g/mol. The van der Waals surface area contributed by atoms with Crippen molar-refractivity contribution in [1.29, 1.82) is 0 Å². The van der Waals surface area contributed by atoms with Crippen LogP contribution >= 0.6 is 23.2 Å². The Morgan fingerprint density at radius 2 is 1.70 bits per heavy atom. The molecule has 0 radical (unpaired) electrons. The van der Waals surface area contributed by atoms with E-state index in [0.717, 1.165) is 4.31 Å². The highest BCUT2D eigenvalue weighted by atomic mass is 35.5. The van der Waals surface area contributed by atoms with E-state index in [9.17, 15) is 18.0 Å². The maximum absolute atomic E-state index is 12.4. The molecular weight excluding hydrogens is 329 g/mol. The van der Waals surface area contributed by atoms with Crippen molar-refractivity contribution in [3.05, 3.63) is 22.2 Å². The highest BCUT2D eigenvalue weighted by Gasteiger charge is 2.34. The van der Waals surface area contributed by atoms with Gasteiger partial charge in [-0.2, -0.15) is 4.31 Å². The van der Waals surface area contributed by atoms with Crippen LogP contribution in [0.4, 0.5) is 5.69 Å². The fourth-order valence-electron chi connectivity index (χ4n) is 1.67. The summed E-state index contributed by atoms with van der Waals surface area (Å²) in [6.07, 6.45) is 0. The van der Waals surface area contributed by atoms with Gasteiger partial charge in [-0.15, -0.1) is 0 Å². The van der Waals surface area contributed by atoms with E-state index in [1.807, 2.05) is 5.32 Å². The number of nitrogens with one attached hydrogen (secondary N) is 1. The maximum Gasteiger partial charge on any atom is 0.245 e. The number of halogens is 2. The van der Waals surface area contributed by atoms with E-state index in [4.69, 9.17) is 28.9 Å². The van der Waals surface area contributed by atoms with Crippen LogP contribution in [0.25, 0.3) is 0 Å². The molecule has 1 fully saturated rings. The summed E-state index contributed by atoms with van der Waals surface area (Å²) in [5.41, 5.74) is 5.49. The van der Waals surface area contributed by atoms with Gasteiger partial charge in [-0.3, -0.25) is 14.9 Å². The highest BCUT2D eigenvalue weighted by Crippen LogP contribution is 2.34. The largest absolute Gasteiger partial charge is 0.396 e. The molecule has 1 aromatic rings. The zero-order valence-electron chi connectivity index (χ0n) is 9.89. The van der Waals surface area contributed by atoms with Crippen molar-refractivity contribution in [2.24, 2.45) is 0 Å². The Labute approximate surface area is 124 Å². The fourth-order valence-corrected chi connectivity index (χ4v) is 3.76. The van der Waals surface area contributed by atoms with Gasteiger partial charge in [-0.25, -0.2) is 8.42 Å². The molecule has 20 heavy (non-hydrogen) atoms. The number of imide groups is 1. The second kappa shape index (κ2) is 5.21. The number of amides is 2. The average molecular weight is 338 g/mol. The molecule has 0 spiro atoms. The fraction of sp³-hybridized carbons (Fsp3) is 0.200. The van der Waals surface area contributed by atoms with Crippen LogP contribution in [0.5, 0.6) is 0 Å². The van der Waals surface area contributed by atoms with Gasteiger partial charge in [0.05, 0.1) is 28.8 Å². The summed E-state index contributed by atoms with van der Waals surface area (Å²) in [5.74, 6) is -1.41. The number of sulfonamides is 1. The van der Waals surface area contributed by atoms with Crippen LogP contribution in [-0.2, 0) is 19.6 Å². The van der Waals surface area contributed by atoms with Crippen LogP contribution in [0.2, 0.25) is 10.0 Å². The molecule has 10 heteroatoms. The molecule has 2 rings (SSSR count). The molecular formula is C10H9Cl2N3O4S. The quantitative estimate of drug-likeness (QED) is 0.592. The highest BCUT2D eigenvalue weighted by molar-refractivity contribution is 7.89. The van der Waals surface area contributed by atoms with Crippen molar-refractivity contribution >= 4 is 50.7 Å². The number of nitrogens with two attached hydrogens (primary N) is 1. The van der Waals surface area contributed by atoms with E-state index in [1.165, 1.54) is 12.1 Å². The van der Waals surface area contributed by atoms with E-state index in [-0.39, 0.29) is 20.6 Å². The lowest BCUT2D eigenvalue weighted by molar-refractivity contribution is -0.134. The normalized spacial score (nSPS) is 17.1. The Hall–Kier alpha value is -1.35. The van der Waals surface area contributed by atoms with Gasteiger partial charge in [0.1, 0.15) is 4.90 Å². The Kier molecular flexibility index (Phi) is 3.92. The first kappa shape index (κ1) is 15.0. The molecule has 1 aliphatic heterocycles. The summed E-state index contributed by atoms with van der Waals surface area (Å²) in [7, 11) is -4.12. The molecule has 0 aliphatic carbocycles. The molecule has 0 aromatic heterocycles. The van der Waals surface area contributed by atoms with Gasteiger partial charge in [0.25, 0.3) is 0 Å². The molecule has 1 saturated heterocycles. The number of hydrogen-bond donors (Lipinski definition) is 2. The van der Waals surface area contributed by atoms with Gasteiger partial charge in [-0.05, 0) is 12.1 Å². The molecule has 0 bridgehead atoms. The number of anilines is 1. The second-order valence-electron chi connectivity index (χ2n) is 4.02. The van der Waals surface area contributed by atoms with Crippen molar-refractivity contribution in [3.8, 4) is 0 Å². The number of carbonyl (C=O) groups excluding carboxylic acids is 2. The Morgan fingerprint density at radius 1 is 1.15 bits per heavy atom. The Balaban J connectivity index is 2.48. The van der Waals surface area contributed by atoms with E-state index >= 15 is 0 Å². The first-order valence-electron chi connectivity index (χ1n) is 5.30. The number of rotatable bonds is 2. The number of carbonyl (C=O) groups is 2. The van der Waals surface area contributed by atoms with E-state index in [1.54, 1.807) is 0 Å². The summed E-state index contributed by atoms with van der Waals surface area (Å²) < 4.78 is 25.5. The number of benzene rings is 1. The summed E-state index contributed by atoms with van der Waals surface area (Å²) >= 11 is 11.6.